The Labute approximate surface area is 423 Å². The van der Waals surface area contributed by atoms with E-state index in [2.05, 4.69) is 0 Å². The average molecular weight is 998 g/mol. The van der Waals surface area contributed by atoms with Crippen LogP contribution in [0.2, 0.25) is 0 Å². The van der Waals surface area contributed by atoms with Crippen molar-refractivity contribution >= 4 is 29.2 Å². The third kappa shape index (κ3) is 16.0. The van der Waals surface area contributed by atoms with Crippen LogP contribution in [0.1, 0.15) is 138 Å². The fourth-order valence-corrected chi connectivity index (χ4v) is 11.2. The van der Waals surface area contributed by atoms with Gasteiger partial charge in [-0.2, -0.15) is 0 Å². The maximum absolute atomic E-state index is 14.5. The van der Waals surface area contributed by atoms with Crippen molar-refractivity contribution in [2.75, 3.05) is 40.6 Å². The second-order valence-electron chi connectivity index (χ2n) is 21.7. The van der Waals surface area contributed by atoms with E-state index < -0.39 is 83.9 Å². The number of aliphatic hydroxyl groups is 3. The van der Waals surface area contributed by atoms with Crippen molar-refractivity contribution in [1.82, 2.24) is 4.90 Å². The van der Waals surface area contributed by atoms with E-state index in [1.165, 1.54) is 12.0 Å². The van der Waals surface area contributed by atoms with Gasteiger partial charge in [0.1, 0.15) is 30.1 Å². The molecule has 1 aliphatic carbocycles. The first-order valence-electron chi connectivity index (χ1n) is 26.6. The van der Waals surface area contributed by atoms with Crippen molar-refractivity contribution < 1.29 is 67.7 Å². The van der Waals surface area contributed by atoms with E-state index in [9.17, 15) is 39.3 Å². The number of rotatable bonds is 8. The molecule has 1 amide bonds. The number of fused-ring (bicyclic) bond motifs is 3. The van der Waals surface area contributed by atoms with Crippen molar-refractivity contribution in [2.24, 2.45) is 41.4 Å². The lowest BCUT2D eigenvalue weighted by Gasteiger charge is -2.43. The third-order valence-corrected chi connectivity index (χ3v) is 16.1. The minimum absolute atomic E-state index is 0.00897. The molecule has 2 unspecified atom stereocenters. The van der Waals surface area contributed by atoms with Crippen molar-refractivity contribution in [1.29, 1.82) is 0 Å². The van der Waals surface area contributed by atoms with Gasteiger partial charge in [0.15, 0.2) is 5.78 Å². The largest absolute Gasteiger partial charge is 0.460 e. The van der Waals surface area contributed by atoms with Crippen LogP contribution in [0.25, 0.3) is 0 Å². The Morgan fingerprint density at radius 3 is 2.27 bits per heavy atom. The van der Waals surface area contributed by atoms with Gasteiger partial charge in [0.2, 0.25) is 5.79 Å². The monoisotopic (exact) mass is 998 g/mol. The number of allylic oxidation sites excluding steroid dienone is 6. The number of carbonyl (C=O) groups is 5. The van der Waals surface area contributed by atoms with Crippen LogP contribution >= 0.6 is 0 Å². The van der Waals surface area contributed by atoms with Gasteiger partial charge in [0, 0.05) is 64.6 Å². The minimum Gasteiger partial charge on any atom is -0.460 e. The molecule has 3 saturated heterocycles. The fourth-order valence-electron chi connectivity index (χ4n) is 11.2. The molecule has 0 aromatic heterocycles. The molecule has 0 aromatic rings. The third-order valence-electron chi connectivity index (χ3n) is 16.1. The predicted molar refractivity (Wildman–Crippen MR) is 268 cm³/mol. The van der Waals surface area contributed by atoms with Crippen LogP contribution in [-0.4, -0.2) is 145 Å². The van der Waals surface area contributed by atoms with E-state index in [1.54, 1.807) is 34.0 Å². The summed E-state index contributed by atoms with van der Waals surface area (Å²) in [4.78, 5) is 72.6. The summed E-state index contributed by atoms with van der Waals surface area (Å²) in [7, 11) is 2.95. The number of nitrogens with zero attached hydrogens (tertiary/aromatic N) is 1. The van der Waals surface area contributed by atoms with E-state index in [4.69, 9.17) is 28.4 Å². The first kappa shape index (κ1) is 58.5. The van der Waals surface area contributed by atoms with Crippen LogP contribution in [0.3, 0.4) is 0 Å². The molecule has 4 aliphatic heterocycles. The number of methoxy groups -OCH3 is 2. The maximum Gasteiger partial charge on any atom is 0.329 e. The lowest BCUT2D eigenvalue weighted by molar-refractivity contribution is -0.266. The highest BCUT2D eigenvalue weighted by Crippen LogP contribution is 2.38. The molecule has 0 radical (unpaired) electrons. The molecule has 4 heterocycles. The van der Waals surface area contributed by atoms with Crippen LogP contribution < -0.4 is 0 Å². The van der Waals surface area contributed by atoms with Gasteiger partial charge in [-0.25, -0.2) is 4.79 Å². The average Bonchev–Trinajstić information content (AvgIpc) is 3.35. The lowest BCUT2D eigenvalue weighted by atomic mass is 9.78. The Kier molecular flexibility index (Phi) is 22.9. The predicted octanol–water partition coefficient (Wildman–Crippen LogP) is 6.98. The second kappa shape index (κ2) is 27.8. The summed E-state index contributed by atoms with van der Waals surface area (Å²) in [6.45, 7) is 14.7. The lowest BCUT2D eigenvalue weighted by Crippen LogP contribution is -2.61. The van der Waals surface area contributed by atoms with Gasteiger partial charge in [-0.05, 0) is 126 Å². The zero-order valence-electron chi connectivity index (χ0n) is 44.1. The molecule has 4 fully saturated rings. The number of hydrogen-bond acceptors (Lipinski definition) is 14. The van der Waals surface area contributed by atoms with Crippen molar-refractivity contribution in [3.05, 3.63) is 47.6 Å². The number of piperidine rings is 1. The number of ether oxygens (including phenoxy) is 6. The van der Waals surface area contributed by atoms with Gasteiger partial charge in [-0.3, -0.25) is 19.2 Å². The first-order chi connectivity index (χ1) is 33.8. The van der Waals surface area contributed by atoms with E-state index in [-0.39, 0.29) is 54.8 Å². The molecule has 400 valence electrons. The molecule has 2 bridgehead atoms. The number of Topliss-reactive ketones (excluding diaryl/α,β-unsaturated/α-hetero) is 3. The number of hydrogen-bond donors (Lipinski definition) is 3. The Morgan fingerprint density at radius 2 is 1.56 bits per heavy atom. The van der Waals surface area contributed by atoms with Gasteiger partial charge in [-0.1, -0.05) is 71.1 Å². The van der Waals surface area contributed by atoms with Crippen molar-refractivity contribution in [2.45, 2.75) is 193 Å². The van der Waals surface area contributed by atoms with Crippen molar-refractivity contribution in [3.63, 3.8) is 0 Å². The van der Waals surface area contributed by atoms with Crippen LogP contribution in [0.5, 0.6) is 0 Å². The van der Waals surface area contributed by atoms with Crippen LogP contribution in [0.4, 0.5) is 0 Å². The summed E-state index contributed by atoms with van der Waals surface area (Å²) in [6, 6.07) is -1.15. The summed E-state index contributed by atoms with van der Waals surface area (Å²) in [6.07, 6.45) is 13.0. The Morgan fingerprint density at radius 1 is 0.831 bits per heavy atom. The minimum atomic E-state index is -2.45. The molecule has 15 atom stereocenters. The number of cyclic esters (lactones) is 1. The van der Waals surface area contributed by atoms with Gasteiger partial charge in [0.25, 0.3) is 11.7 Å². The van der Waals surface area contributed by atoms with Gasteiger partial charge in [0.05, 0.1) is 31.0 Å². The SMILES string of the molecule is CO[C@@H]1C[C@H](C[C@@H](C)[C@@H]2CC(=O)[C@H](C)/C=C(\C)[C@@H](O)[C@@H](OC)C(=O)[C@H](C)C[C@H](C)/C=C/C=C/C=C(\C)C(OCC3CCOCC3)C[C@@H]3CC[C@@H](C)[C@@](O)(O3)C(=O)C(=O)N3CCCCC3C(=O)O2)CC[C@H]1O. The fraction of sp³-hybridized carbons (Fsp3) is 0.768. The highest BCUT2D eigenvalue weighted by atomic mass is 16.6. The van der Waals surface area contributed by atoms with Gasteiger partial charge in [-0.15, -0.1) is 0 Å². The highest BCUT2D eigenvalue weighted by Gasteiger charge is 2.53. The Balaban J connectivity index is 1.48. The van der Waals surface area contributed by atoms with Crippen LogP contribution in [0.15, 0.2) is 47.6 Å². The normalized spacial score (nSPS) is 39.6. The molecule has 15 nitrogen and oxygen atoms in total. The molecule has 0 spiro atoms. The molecular weight excluding hydrogens is 911 g/mol. The number of aliphatic hydroxyl groups excluding tert-OH is 2. The number of amides is 1. The topological polar surface area (TPSA) is 205 Å². The number of esters is 1. The van der Waals surface area contributed by atoms with Crippen LogP contribution in [-0.2, 0) is 52.4 Å². The van der Waals surface area contributed by atoms with Crippen molar-refractivity contribution in [3.8, 4) is 0 Å². The Bertz CT molecular complexity index is 1910. The van der Waals surface area contributed by atoms with E-state index in [0.29, 0.717) is 89.1 Å². The zero-order chi connectivity index (χ0) is 52.0. The van der Waals surface area contributed by atoms with Gasteiger partial charge >= 0.3 is 5.97 Å². The second-order valence-corrected chi connectivity index (χ2v) is 21.7. The molecule has 3 N–H and O–H groups in total. The summed E-state index contributed by atoms with van der Waals surface area (Å²) in [5.41, 5.74) is 1.30. The maximum atomic E-state index is 14.5. The number of ketones is 3. The van der Waals surface area contributed by atoms with Crippen LogP contribution in [0, 0.1) is 41.4 Å². The standard InChI is InChI=1S/C56H87NO14/c1-34-15-11-10-12-16-35(2)47(69-33-41-22-25-68-26-23-41)31-43-20-18-40(7)56(65,71-43)53(62)54(63)57-24-14-13-17-44(57)55(64)70-48(37(4)29-42-19-21-45(58)49(30-42)66-8)32-46(59)36(3)28-39(6)51(61)52(67-9)50(60)38(5)27-34/h10-12,15-16,28,34,36-38,40-45,47-49,51-52,58,61,65H,13-14,17-27,29-33H2,1-9H3/b12-10+,15-11+,35-16+,39-28+/t34-,36-,37-,38-,40-,42+,43+,44?,45-,47?,48+,49-,51-,52+,56-/m1/s1. The summed E-state index contributed by atoms with van der Waals surface area (Å²) >= 11 is 0. The molecular formula is C56H87NO14. The zero-order valence-corrected chi connectivity index (χ0v) is 44.1. The molecule has 15 heteroatoms. The molecule has 0 aromatic carbocycles. The highest BCUT2D eigenvalue weighted by molar-refractivity contribution is 6.39. The molecule has 5 rings (SSSR count). The molecule has 1 saturated carbocycles. The first-order valence-corrected chi connectivity index (χ1v) is 26.6. The van der Waals surface area contributed by atoms with E-state index in [0.717, 1.165) is 24.8 Å². The Hall–Kier alpha value is -3.41. The molecule has 71 heavy (non-hydrogen) atoms. The number of carbonyl (C=O) groups excluding carboxylic acids is 5. The van der Waals surface area contributed by atoms with E-state index >= 15 is 0 Å². The quantitative estimate of drug-likeness (QED) is 0.128. The van der Waals surface area contributed by atoms with E-state index in [1.807, 2.05) is 58.1 Å². The summed E-state index contributed by atoms with van der Waals surface area (Å²) in [5, 5.41) is 34.2. The van der Waals surface area contributed by atoms with Gasteiger partial charge < -0.3 is 48.6 Å². The smallest absolute Gasteiger partial charge is 0.329 e. The summed E-state index contributed by atoms with van der Waals surface area (Å²) in [5.74, 6) is -7.70. The summed E-state index contributed by atoms with van der Waals surface area (Å²) < 4.78 is 36.0. The molecule has 5 aliphatic rings.